The van der Waals surface area contributed by atoms with Gasteiger partial charge in [0.2, 0.25) is 0 Å². The van der Waals surface area contributed by atoms with Crippen molar-refractivity contribution in [3.63, 3.8) is 0 Å². The molecule has 0 unspecified atom stereocenters. The average molecular weight is 258 g/mol. The maximum atomic E-state index is 13.5. The number of benzene rings is 1. The van der Waals surface area contributed by atoms with Crippen LogP contribution in [-0.4, -0.2) is 22.4 Å². The predicted octanol–water partition coefficient (Wildman–Crippen LogP) is 2.14. The van der Waals surface area contributed by atoms with Gasteiger partial charge in [-0.3, -0.25) is 0 Å². The van der Waals surface area contributed by atoms with Crippen LogP contribution in [0.5, 0.6) is 5.75 Å². The molecule has 1 aliphatic rings. The Bertz CT molecular complexity index is 405. The third-order valence-corrected chi connectivity index (χ3v) is 3.26. The second kappa shape index (κ2) is 5.20. The Kier molecular flexibility index (Phi) is 3.82. The highest BCUT2D eigenvalue weighted by molar-refractivity contribution is 5.31. The minimum Gasteiger partial charge on any atom is -0.485 e. The van der Waals surface area contributed by atoms with Crippen molar-refractivity contribution in [2.24, 2.45) is 0 Å². The first kappa shape index (κ1) is 13.2. The normalized spacial score (nSPS) is 18.0. The van der Waals surface area contributed by atoms with E-state index in [1.807, 2.05) is 0 Å². The summed E-state index contributed by atoms with van der Waals surface area (Å²) in [4.78, 5) is 0. The van der Waals surface area contributed by atoms with E-state index in [1.54, 1.807) is 0 Å². The standard InChI is InChI=1S/C13H16F2O3/c14-10-5-9(7-16)6-11(15)12(10)18-8-13(17)3-1-2-4-13/h5-6,16-17H,1-4,7-8H2. The lowest BCUT2D eigenvalue weighted by Gasteiger charge is -2.22. The lowest BCUT2D eigenvalue weighted by atomic mass is 10.0. The van der Waals surface area contributed by atoms with Gasteiger partial charge >= 0.3 is 0 Å². The van der Waals surface area contributed by atoms with Gasteiger partial charge in [-0.25, -0.2) is 8.78 Å². The zero-order valence-electron chi connectivity index (χ0n) is 9.96. The van der Waals surface area contributed by atoms with Crippen LogP contribution in [0.4, 0.5) is 8.78 Å². The highest BCUT2D eigenvalue weighted by Crippen LogP contribution is 2.31. The zero-order valence-corrected chi connectivity index (χ0v) is 9.96. The summed E-state index contributed by atoms with van der Waals surface area (Å²) in [6.45, 7) is -0.544. The van der Waals surface area contributed by atoms with Crippen molar-refractivity contribution in [1.82, 2.24) is 0 Å². The molecule has 1 aliphatic carbocycles. The van der Waals surface area contributed by atoms with E-state index >= 15 is 0 Å². The quantitative estimate of drug-likeness (QED) is 0.870. The lowest BCUT2D eigenvalue weighted by molar-refractivity contribution is -0.000861. The van der Waals surface area contributed by atoms with Crippen LogP contribution in [0.1, 0.15) is 31.2 Å². The average Bonchev–Trinajstić information content (AvgIpc) is 2.75. The van der Waals surface area contributed by atoms with Crippen LogP contribution in [0, 0.1) is 11.6 Å². The number of ether oxygens (including phenoxy) is 1. The fraction of sp³-hybridized carbons (Fsp3) is 0.538. The first-order chi connectivity index (χ1) is 8.54. The van der Waals surface area contributed by atoms with Gasteiger partial charge in [-0.1, -0.05) is 12.8 Å². The molecule has 0 heterocycles. The maximum Gasteiger partial charge on any atom is 0.190 e. The molecule has 18 heavy (non-hydrogen) atoms. The van der Waals surface area contributed by atoms with Crippen LogP contribution >= 0.6 is 0 Å². The Balaban J connectivity index is 2.09. The number of hydrogen-bond acceptors (Lipinski definition) is 3. The minimum atomic E-state index is -0.978. The molecular weight excluding hydrogens is 242 g/mol. The monoisotopic (exact) mass is 258 g/mol. The molecule has 5 heteroatoms. The fourth-order valence-electron chi connectivity index (χ4n) is 2.23. The molecule has 0 bridgehead atoms. The first-order valence-electron chi connectivity index (χ1n) is 5.98. The molecule has 0 spiro atoms. The fourth-order valence-corrected chi connectivity index (χ4v) is 2.23. The molecule has 0 aliphatic heterocycles. The van der Waals surface area contributed by atoms with Gasteiger partial charge in [-0.2, -0.15) is 0 Å². The number of halogens is 2. The van der Waals surface area contributed by atoms with Crippen molar-refractivity contribution in [1.29, 1.82) is 0 Å². The van der Waals surface area contributed by atoms with E-state index in [4.69, 9.17) is 9.84 Å². The van der Waals surface area contributed by atoms with E-state index in [9.17, 15) is 13.9 Å². The molecular formula is C13H16F2O3. The van der Waals surface area contributed by atoms with Crippen molar-refractivity contribution in [3.8, 4) is 5.75 Å². The highest BCUT2D eigenvalue weighted by atomic mass is 19.1. The lowest BCUT2D eigenvalue weighted by Crippen LogP contribution is -2.32. The molecule has 0 saturated heterocycles. The Labute approximate surface area is 104 Å². The summed E-state index contributed by atoms with van der Waals surface area (Å²) in [5.74, 6) is -2.21. The second-order valence-electron chi connectivity index (χ2n) is 4.77. The third kappa shape index (κ3) is 2.79. The van der Waals surface area contributed by atoms with Crippen LogP contribution in [0.3, 0.4) is 0 Å². The number of aliphatic hydroxyl groups is 2. The van der Waals surface area contributed by atoms with E-state index in [0.29, 0.717) is 12.8 Å². The van der Waals surface area contributed by atoms with Gasteiger partial charge in [-0.05, 0) is 30.5 Å². The topological polar surface area (TPSA) is 49.7 Å². The van der Waals surface area contributed by atoms with Crippen LogP contribution < -0.4 is 4.74 Å². The van der Waals surface area contributed by atoms with Crippen LogP contribution in [0.15, 0.2) is 12.1 Å². The van der Waals surface area contributed by atoms with Crippen LogP contribution in [-0.2, 0) is 6.61 Å². The molecule has 0 amide bonds. The SMILES string of the molecule is OCc1cc(F)c(OCC2(O)CCCC2)c(F)c1. The number of rotatable bonds is 4. The molecule has 1 fully saturated rings. The summed E-state index contributed by atoms with van der Waals surface area (Å²) in [7, 11) is 0. The zero-order chi connectivity index (χ0) is 13.2. The summed E-state index contributed by atoms with van der Waals surface area (Å²) >= 11 is 0. The van der Waals surface area contributed by atoms with Gasteiger partial charge in [0.15, 0.2) is 17.4 Å². The molecule has 0 aromatic heterocycles. The predicted molar refractivity (Wildman–Crippen MR) is 61.2 cm³/mol. The van der Waals surface area contributed by atoms with Gasteiger partial charge in [0.25, 0.3) is 0 Å². The van der Waals surface area contributed by atoms with Crippen molar-refractivity contribution in [3.05, 3.63) is 29.3 Å². The molecule has 0 radical (unpaired) electrons. The Morgan fingerprint density at radius 2 is 1.72 bits per heavy atom. The Morgan fingerprint density at radius 3 is 2.22 bits per heavy atom. The largest absolute Gasteiger partial charge is 0.485 e. The highest BCUT2D eigenvalue weighted by Gasteiger charge is 2.32. The van der Waals surface area contributed by atoms with Crippen molar-refractivity contribution in [2.45, 2.75) is 37.9 Å². The van der Waals surface area contributed by atoms with Gasteiger partial charge in [0.1, 0.15) is 6.61 Å². The van der Waals surface area contributed by atoms with E-state index in [-0.39, 0.29) is 12.2 Å². The smallest absolute Gasteiger partial charge is 0.190 e. The van der Waals surface area contributed by atoms with Crippen molar-refractivity contribution in [2.75, 3.05) is 6.61 Å². The Morgan fingerprint density at radius 1 is 1.17 bits per heavy atom. The summed E-state index contributed by atoms with van der Waals surface area (Å²) in [6.07, 6.45) is 2.97. The summed E-state index contributed by atoms with van der Waals surface area (Å²) in [6, 6.07) is 2.05. The molecule has 2 rings (SSSR count). The third-order valence-electron chi connectivity index (χ3n) is 3.26. The molecule has 1 aromatic rings. The van der Waals surface area contributed by atoms with Gasteiger partial charge in [0.05, 0.1) is 12.2 Å². The van der Waals surface area contributed by atoms with Crippen LogP contribution in [0.2, 0.25) is 0 Å². The van der Waals surface area contributed by atoms with Gasteiger partial charge < -0.3 is 14.9 Å². The molecule has 1 saturated carbocycles. The summed E-state index contributed by atoms with van der Waals surface area (Å²) in [5, 5.41) is 18.8. The number of hydrogen-bond donors (Lipinski definition) is 2. The summed E-state index contributed by atoms with van der Waals surface area (Å²) < 4.78 is 32.2. The van der Waals surface area contributed by atoms with Crippen LogP contribution in [0.25, 0.3) is 0 Å². The van der Waals surface area contributed by atoms with Gasteiger partial charge in [0, 0.05) is 0 Å². The molecule has 0 atom stereocenters. The molecule has 100 valence electrons. The maximum absolute atomic E-state index is 13.5. The molecule has 1 aromatic carbocycles. The van der Waals surface area contributed by atoms with Crippen molar-refractivity contribution >= 4 is 0 Å². The van der Waals surface area contributed by atoms with E-state index < -0.39 is 29.6 Å². The first-order valence-corrected chi connectivity index (χ1v) is 5.98. The second-order valence-corrected chi connectivity index (χ2v) is 4.77. The molecule has 2 N–H and O–H groups in total. The van der Waals surface area contributed by atoms with E-state index in [2.05, 4.69) is 0 Å². The van der Waals surface area contributed by atoms with E-state index in [1.165, 1.54) is 0 Å². The van der Waals surface area contributed by atoms with E-state index in [0.717, 1.165) is 25.0 Å². The van der Waals surface area contributed by atoms with Crippen molar-refractivity contribution < 1.29 is 23.7 Å². The van der Waals surface area contributed by atoms with Gasteiger partial charge in [-0.15, -0.1) is 0 Å². The Hall–Kier alpha value is -1.20. The number of aliphatic hydroxyl groups excluding tert-OH is 1. The molecule has 3 nitrogen and oxygen atoms in total. The summed E-state index contributed by atoms with van der Waals surface area (Å²) in [5.41, 5.74) is -0.828. The minimum absolute atomic E-state index is 0.112.